The van der Waals surface area contributed by atoms with Crippen LogP contribution in [0.15, 0.2) is 60.1 Å². The molecule has 6 heteroatoms. The van der Waals surface area contributed by atoms with Crippen LogP contribution in [0.2, 0.25) is 0 Å². The Morgan fingerprint density at radius 2 is 2.00 bits per heavy atom. The first kappa shape index (κ1) is 14.2. The molecule has 5 nitrogen and oxygen atoms in total. The first-order valence-corrected chi connectivity index (χ1v) is 7.53. The molecule has 22 heavy (non-hydrogen) atoms. The minimum Gasteiger partial charge on any atom is -0.489 e. The second-order valence-corrected chi connectivity index (χ2v) is 5.33. The molecular weight excluding hydrogens is 298 g/mol. The van der Waals surface area contributed by atoms with Gasteiger partial charge in [0.2, 0.25) is 5.13 Å². The number of rotatable bonds is 5. The summed E-state index contributed by atoms with van der Waals surface area (Å²) in [6.07, 6.45) is 0. The van der Waals surface area contributed by atoms with Crippen molar-refractivity contribution in [2.45, 2.75) is 6.61 Å². The van der Waals surface area contributed by atoms with Crippen LogP contribution < -0.4 is 10.1 Å². The standard InChI is InChI=1S/C16H13N3O2S/c20-15(18-16-19-17-11-22-16)13-7-4-8-14(9-13)21-10-12-5-2-1-3-6-12/h1-9,11H,10H2,(H,18,19,20). The van der Waals surface area contributed by atoms with Crippen LogP contribution in [0.5, 0.6) is 5.75 Å². The first-order chi connectivity index (χ1) is 10.8. The SMILES string of the molecule is O=C(Nc1nncs1)c1cccc(OCc2ccccc2)c1. The highest BCUT2D eigenvalue weighted by Crippen LogP contribution is 2.17. The molecule has 0 radical (unpaired) electrons. The van der Waals surface area contributed by atoms with Gasteiger partial charge in [0.25, 0.3) is 5.91 Å². The van der Waals surface area contributed by atoms with Crippen LogP contribution >= 0.6 is 11.3 Å². The summed E-state index contributed by atoms with van der Waals surface area (Å²) in [6.45, 7) is 0.461. The second kappa shape index (κ2) is 6.82. The molecular formula is C16H13N3O2S. The van der Waals surface area contributed by atoms with Gasteiger partial charge in [-0.25, -0.2) is 0 Å². The number of hydrogen-bond donors (Lipinski definition) is 1. The predicted molar refractivity (Wildman–Crippen MR) is 85.1 cm³/mol. The summed E-state index contributed by atoms with van der Waals surface area (Å²) in [5.41, 5.74) is 3.15. The second-order valence-electron chi connectivity index (χ2n) is 4.50. The fourth-order valence-electron chi connectivity index (χ4n) is 1.86. The third-order valence-electron chi connectivity index (χ3n) is 2.93. The number of nitrogens with zero attached hydrogens (tertiary/aromatic N) is 2. The van der Waals surface area contributed by atoms with E-state index in [9.17, 15) is 4.79 Å². The van der Waals surface area contributed by atoms with Crippen molar-refractivity contribution in [3.63, 3.8) is 0 Å². The highest BCUT2D eigenvalue weighted by molar-refractivity contribution is 7.13. The molecule has 1 amide bonds. The molecule has 0 aliphatic rings. The molecule has 3 aromatic rings. The number of amides is 1. The third kappa shape index (κ3) is 3.67. The molecule has 0 spiro atoms. The Bertz CT molecular complexity index is 745. The van der Waals surface area contributed by atoms with Crippen molar-refractivity contribution in [3.8, 4) is 5.75 Å². The van der Waals surface area contributed by atoms with Gasteiger partial charge in [-0.15, -0.1) is 10.2 Å². The number of ether oxygens (including phenoxy) is 1. The van der Waals surface area contributed by atoms with Crippen LogP contribution in [-0.4, -0.2) is 16.1 Å². The largest absolute Gasteiger partial charge is 0.489 e. The van der Waals surface area contributed by atoms with Gasteiger partial charge in [0.15, 0.2) is 0 Å². The molecule has 0 saturated carbocycles. The average Bonchev–Trinajstić information content (AvgIpc) is 3.07. The smallest absolute Gasteiger partial charge is 0.257 e. The van der Waals surface area contributed by atoms with Gasteiger partial charge < -0.3 is 4.74 Å². The molecule has 1 aromatic heterocycles. The van der Waals surface area contributed by atoms with Gasteiger partial charge in [-0.1, -0.05) is 47.7 Å². The Morgan fingerprint density at radius 3 is 2.77 bits per heavy atom. The fourth-order valence-corrected chi connectivity index (χ4v) is 2.30. The van der Waals surface area contributed by atoms with E-state index in [0.29, 0.717) is 23.1 Å². The Balaban J connectivity index is 1.65. The Kier molecular flexibility index (Phi) is 4.41. The molecule has 0 bridgehead atoms. The van der Waals surface area contributed by atoms with Crippen LogP contribution in [0.25, 0.3) is 0 Å². The topological polar surface area (TPSA) is 64.1 Å². The minimum atomic E-state index is -0.234. The van der Waals surface area contributed by atoms with E-state index in [-0.39, 0.29) is 5.91 Å². The lowest BCUT2D eigenvalue weighted by molar-refractivity contribution is 0.102. The van der Waals surface area contributed by atoms with Crippen molar-refractivity contribution >= 4 is 22.4 Å². The van der Waals surface area contributed by atoms with Gasteiger partial charge in [0.1, 0.15) is 17.9 Å². The van der Waals surface area contributed by atoms with Crippen LogP contribution in [0.4, 0.5) is 5.13 Å². The zero-order chi connectivity index (χ0) is 15.2. The Hall–Kier alpha value is -2.73. The number of aromatic nitrogens is 2. The Labute approximate surface area is 131 Å². The van der Waals surface area contributed by atoms with E-state index in [1.807, 2.05) is 36.4 Å². The van der Waals surface area contributed by atoms with Crippen molar-refractivity contribution in [3.05, 3.63) is 71.2 Å². The number of hydrogen-bond acceptors (Lipinski definition) is 5. The van der Waals surface area contributed by atoms with E-state index in [1.54, 1.807) is 23.7 Å². The first-order valence-electron chi connectivity index (χ1n) is 6.65. The van der Waals surface area contributed by atoms with Gasteiger partial charge in [-0.3, -0.25) is 10.1 Å². The average molecular weight is 311 g/mol. The zero-order valence-corrected chi connectivity index (χ0v) is 12.4. The predicted octanol–water partition coefficient (Wildman–Crippen LogP) is 3.37. The summed E-state index contributed by atoms with van der Waals surface area (Å²) in [5, 5.41) is 10.6. The summed E-state index contributed by atoms with van der Waals surface area (Å²) >= 11 is 1.27. The summed E-state index contributed by atoms with van der Waals surface area (Å²) in [4.78, 5) is 12.1. The van der Waals surface area contributed by atoms with Crippen LogP contribution in [-0.2, 0) is 6.61 Å². The highest BCUT2D eigenvalue weighted by Gasteiger charge is 2.09. The van der Waals surface area contributed by atoms with Gasteiger partial charge in [0.05, 0.1) is 0 Å². The van der Waals surface area contributed by atoms with Crippen molar-refractivity contribution in [2.24, 2.45) is 0 Å². The lowest BCUT2D eigenvalue weighted by Gasteiger charge is -2.08. The quantitative estimate of drug-likeness (QED) is 0.784. The van der Waals surface area contributed by atoms with E-state index in [1.165, 1.54) is 11.3 Å². The van der Waals surface area contributed by atoms with Crippen molar-refractivity contribution in [1.82, 2.24) is 10.2 Å². The van der Waals surface area contributed by atoms with E-state index in [0.717, 1.165) is 5.56 Å². The molecule has 0 saturated heterocycles. The molecule has 110 valence electrons. The summed E-state index contributed by atoms with van der Waals surface area (Å²) in [7, 11) is 0. The van der Waals surface area contributed by atoms with E-state index in [2.05, 4.69) is 15.5 Å². The highest BCUT2D eigenvalue weighted by atomic mass is 32.1. The van der Waals surface area contributed by atoms with E-state index in [4.69, 9.17) is 4.74 Å². The van der Waals surface area contributed by atoms with Gasteiger partial charge in [-0.05, 0) is 23.8 Å². The van der Waals surface area contributed by atoms with Crippen molar-refractivity contribution < 1.29 is 9.53 Å². The van der Waals surface area contributed by atoms with Gasteiger partial charge in [-0.2, -0.15) is 0 Å². The summed E-state index contributed by atoms with van der Waals surface area (Å²) in [5.74, 6) is 0.413. The molecule has 0 aliphatic carbocycles. The fraction of sp³-hybridized carbons (Fsp3) is 0.0625. The normalized spacial score (nSPS) is 10.2. The number of benzene rings is 2. The van der Waals surface area contributed by atoms with Crippen LogP contribution in [0.3, 0.4) is 0 Å². The summed E-state index contributed by atoms with van der Waals surface area (Å²) < 4.78 is 5.71. The molecule has 1 N–H and O–H groups in total. The molecule has 0 atom stereocenters. The molecule has 2 aromatic carbocycles. The maximum Gasteiger partial charge on any atom is 0.257 e. The number of nitrogens with one attached hydrogen (secondary N) is 1. The molecule has 0 unspecified atom stereocenters. The van der Waals surface area contributed by atoms with Crippen molar-refractivity contribution in [2.75, 3.05) is 5.32 Å². The minimum absolute atomic E-state index is 0.234. The Morgan fingerprint density at radius 1 is 1.14 bits per heavy atom. The lowest BCUT2D eigenvalue weighted by Crippen LogP contribution is -2.11. The van der Waals surface area contributed by atoms with E-state index >= 15 is 0 Å². The van der Waals surface area contributed by atoms with Crippen LogP contribution in [0, 0.1) is 0 Å². The molecule has 0 aliphatic heterocycles. The molecule has 3 rings (SSSR count). The monoisotopic (exact) mass is 311 g/mol. The number of anilines is 1. The maximum absolute atomic E-state index is 12.1. The van der Waals surface area contributed by atoms with Crippen LogP contribution in [0.1, 0.15) is 15.9 Å². The zero-order valence-electron chi connectivity index (χ0n) is 11.6. The maximum atomic E-state index is 12.1. The van der Waals surface area contributed by atoms with Gasteiger partial charge >= 0.3 is 0 Å². The number of carbonyl (C=O) groups is 1. The lowest BCUT2D eigenvalue weighted by atomic mass is 10.2. The van der Waals surface area contributed by atoms with E-state index < -0.39 is 0 Å². The van der Waals surface area contributed by atoms with Crippen molar-refractivity contribution in [1.29, 1.82) is 0 Å². The third-order valence-corrected chi connectivity index (χ3v) is 3.53. The van der Waals surface area contributed by atoms with Gasteiger partial charge in [0, 0.05) is 5.56 Å². The molecule has 1 heterocycles. The molecule has 0 fully saturated rings. The summed E-state index contributed by atoms with van der Waals surface area (Å²) in [6, 6.07) is 16.9. The number of carbonyl (C=O) groups excluding carboxylic acids is 1.